The number of hydrogen-bond acceptors (Lipinski definition) is 5. The maximum atomic E-state index is 12.0. The van der Waals surface area contributed by atoms with Crippen molar-refractivity contribution in [1.82, 2.24) is 4.90 Å². The molecule has 1 heterocycles. The molecule has 1 unspecified atom stereocenters. The number of ether oxygens (including phenoxy) is 1. The highest BCUT2D eigenvalue weighted by atomic mass is 16.6. The summed E-state index contributed by atoms with van der Waals surface area (Å²) in [6.45, 7) is 0.591. The number of non-ortho nitro benzene ring substituents is 1. The Balaban J connectivity index is 1.85. The molecule has 23 heavy (non-hydrogen) atoms. The highest BCUT2D eigenvalue weighted by Gasteiger charge is 2.54. The second-order valence-electron chi connectivity index (χ2n) is 5.42. The standard InChI is InChI=1S/C17H16N2O4/c1-23-17(20)16-15(13-8-5-9-14(10-13)19(21)22)18(16)11-12-6-3-2-4-7-12/h2-10,15-16H,11H2,1H3/t15-,16-,18?/m1/s1. The van der Waals surface area contributed by atoms with E-state index in [1.807, 2.05) is 35.2 Å². The second-order valence-corrected chi connectivity index (χ2v) is 5.42. The van der Waals surface area contributed by atoms with Gasteiger partial charge in [-0.3, -0.25) is 19.8 Å². The summed E-state index contributed by atoms with van der Waals surface area (Å²) in [5.74, 6) is -0.322. The van der Waals surface area contributed by atoms with Gasteiger partial charge in [-0.05, 0) is 11.1 Å². The Morgan fingerprint density at radius 2 is 1.96 bits per heavy atom. The molecule has 1 fully saturated rings. The summed E-state index contributed by atoms with van der Waals surface area (Å²) in [6.07, 6.45) is 0. The van der Waals surface area contributed by atoms with Crippen LogP contribution in [0.5, 0.6) is 0 Å². The van der Waals surface area contributed by atoms with Gasteiger partial charge in [0.25, 0.3) is 5.69 Å². The van der Waals surface area contributed by atoms with Crippen molar-refractivity contribution in [3.05, 3.63) is 75.8 Å². The largest absolute Gasteiger partial charge is 0.468 e. The first-order valence-electron chi connectivity index (χ1n) is 7.23. The normalized spacial score (nSPS) is 22.4. The van der Waals surface area contributed by atoms with Crippen LogP contribution in [-0.4, -0.2) is 28.9 Å². The number of esters is 1. The van der Waals surface area contributed by atoms with Crippen LogP contribution in [0.2, 0.25) is 0 Å². The van der Waals surface area contributed by atoms with Gasteiger partial charge in [-0.2, -0.15) is 0 Å². The minimum absolute atomic E-state index is 0.0256. The van der Waals surface area contributed by atoms with E-state index in [4.69, 9.17) is 4.74 Å². The molecule has 2 aromatic carbocycles. The molecule has 0 aliphatic carbocycles. The van der Waals surface area contributed by atoms with E-state index in [1.165, 1.54) is 19.2 Å². The molecule has 6 nitrogen and oxygen atoms in total. The van der Waals surface area contributed by atoms with Crippen LogP contribution in [0.4, 0.5) is 5.69 Å². The molecule has 3 atom stereocenters. The SMILES string of the molecule is COC(=O)[C@H]1[C@@H](c2cccc([N+](=O)[O-])c2)N1Cc1ccccc1. The van der Waals surface area contributed by atoms with E-state index in [-0.39, 0.29) is 17.7 Å². The molecule has 2 aromatic rings. The van der Waals surface area contributed by atoms with Gasteiger partial charge in [-0.1, -0.05) is 42.5 Å². The number of carbonyl (C=O) groups is 1. The van der Waals surface area contributed by atoms with Crippen LogP contribution < -0.4 is 0 Å². The molecule has 1 saturated heterocycles. The van der Waals surface area contributed by atoms with Gasteiger partial charge in [0.05, 0.1) is 18.1 Å². The molecule has 0 N–H and O–H groups in total. The van der Waals surface area contributed by atoms with E-state index in [9.17, 15) is 14.9 Å². The third kappa shape index (κ3) is 3.07. The Morgan fingerprint density at radius 3 is 2.61 bits per heavy atom. The lowest BCUT2D eigenvalue weighted by Gasteiger charge is -2.04. The van der Waals surface area contributed by atoms with Crippen molar-refractivity contribution in [3.63, 3.8) is 0 Å². The second kappa shape index (κ2) is 6.18. The fraction of sp³-hybridized carbons (Fsp3) is 0.235. The van der Waals surface area contributed by atoms with Gasteiger partial charge in [0.15, 0.2) is 0 Å². The highest BCUT2D eigenvalue weighted by Crippen LogP contribution is 2.45. The Hall–Kier alpha value is -2.73. The Bertz CT molecular complexity index is 732. The lowest BCUT2D eigenvalue weighted by Crippen LogP contribution is -2.14. The number of hydrogen-bond donors (Lipinski definition) is 0. The van der Waals surface area contributed by atoms with Crippen molar-refractivity contribution in [1.29, 1.82) is 0 Å². The van der Waals surface area contributed by atoms with Crippen LogP contribution in [0.1, 0.15) is 17.2 Å². The first-order chi connectivity index (χ1) is 11.1. The Morgan fingerprint density at radius 1 is 1.22 bits per heavy atom. The number of carbonyl (C=O) groups excluding carboxylic acids is 1. The smallest absolute Gasteiger partial charge is 0.325 e. The summed E-state index contributed by atoms with van der Waals surface area (Å²) < 4.78 is 4.86. The third-order valence-corrected chi connectivity index (χ3v) is 4.00. The van der Waals surface area contributed by atoms with Gasteiger partial charge in [-0.15, -0.1) is 0 Å². The van der Waals surface area contributed by atoms with E-state index < -0.39 is 11.0 Å². The molecule has 118 valence electrons. The highest BCUT2D eigenvalue weighted by molar-refractivity contribution is 5.80. The summed E-state index contributed by atoms with van der Waals surface area (Å²) in [4.78, 5) is 24.5. The van der Waals surface area contributed by atoms with E-state index in [2.05, 4.69) is 0 Å². The van der Waals surface area contributed by atoms with E-state index >= 15 is 0 Å². The lowest BCUT2D eigenvalue weighted by atomic mass is 10.1. The molecule has 0 saturated carbocycles. The van der Waals surface area contributed by atoms with Crippen LogP contribution in [0.3, 0.4) is 0 Å². The quantitative estimate of drug-likeness (QED) is 0.367. The molecular formula is C17H16N2O4. The molecule has 6 heteroatoms. The number of benzene rings is 2. The van der Waals surface area contributed by atoms with Crippen molar-refractivity contribution < 1.29 is 14.5 Å². The fourth-order valence-corrected chi connectivity index (χ4v) is 2.85. The summed E-state index contributed by atoms with van der Waals surface area (Å²) in [6, 6.07) is 15.6. The summed E-state index contributed by atoms with van der Waals surface area (Å²) >= 11 is 0. The topological polar surface area (TPSA) is 72.5 Å². The van der Waals surface area contributed by atoms with Crippen LogP contribution >= 0.6 is 0 Å². The maximum Gasteiger partial charge on any atom is 0.325 e. The summed E-state index contributed by atoms with van der Waals surface area (Å²) in [5, 5.41) is 10.9. The van der Waals surface area contributed by atoms with Crippen molar-refractivity contribution in [2.75, 3.05) is 7.11 Å². The third-order valence-electron chi connectivity index (χ3n) is 4.00. The van der Waals surface area contributed by atoms with Crippen molar-refractivity contribution in [2.45, 2.75) is 18.6 Å². The summed E-state index contributed by atoms with van der Waals surface area (Å²) in [5.41, 5.74) is 1.86. The minimum atomic E-state index is -0.430. The van der Waals surface area contributed by atoms with Gasteiger partial charge in [0.1, 0.15) is 6.04 Å². The van der Waals surface area contributed by atoms with E-state index in [0.717, 1.165) is 11.1 Å². The van der Waals surface area contributed by atoms with Crippen molar-refractivity contribution in [3.8, 4) is 0 Å². The Kier molecular flexibility index (Phi) is 4.08. The van der Waals surface area contributed by atoms with Gasteiger partial charge < -0.3 is 4.74 Å². The molecule has 0 spiro atoms. The van der Waals surface area contributed by atoms with Gasteiger partial charge >= 0.3 is 5.97 Å². The maximum absolute atomic E-state index is 12.0. The molecule has 0 aromatic heterocycles. The number of nitro benzene ring substituents is 1. The number of nitrogens with zero attached hydrogens (tertiary/aromatic N) is 2. The Labute approximate surface area is 133 Å². The first kappa shape index (κ1) is 15.2. The van der Waals surface area contributed by atoms with Crippen LogP contribution in [0.25, 0.3) is 0 Å². The zero-order chi connectivity index (χ0) is 16.4. The average molecular weight is 312 g/mol. The molecule has 0 amide bonds. The molecule has 1 aliphatic rings. The first-order valence-corrected chi connectivity index (χ1v) is 7.23. The molecule has 0 radical (unpaired) electrons. The molecular weight excluding hydrogens is 296 g/mol. The summed E-state index contributed by atoms with van der Waals surface area (Å²) in [7, 11) is 1.35. The zero-order valence-electron chi connectivity index (χ0n) is 12.6. The van der Waals surface area contributed by atoms with Crippen molar-refractivity contribution >= 4 is 11.7 Å². The number of rotatable bonds is 5. The van der Waals surface area contributed by atoms with Gasteiger partial charge in [-0.25, -0.2) is 0 Å². The van der Waals surface area contributed by atoms with Gasteiger partial charge in [0.2, 0.25) is 0 Å². The minimum Gasteiger partial charge on any atom is -0.468 e. The van der Waals surface area contributed by atoms with E-state index in [1.54, 1.807) is 12.1 Å². The van der Waals surface area contributed by atoms with Crippen molar-refractivity contribution in [2.24, 2.45) is 0 Å². The van der Waals surface area contributed by atoms with Crippen LogP contribution in [-0.2, 0) is 16.1 Å². The monoisotopic (exact) mass is 312 g/mol. The predicted octanol–water partition coefficient (Wildman–Crippen LogP) is 2.69. The van der Waals surface area contributed by atoms with Gasteiger partial charge in [0, 0.05) is 18.7 Å². The number of nitro groups is 1. The zero-order valence-corrected chi connectivity index (χ0v) is 12.6. The van der Waals surface area contributed by atoms with Crippen LogP contribution in [0.15, 0.2) is 54.6 Å². The lowest BCUT2D eigenvalue weighted by molar-refractivity contribution is -0.384. The van der Waals surface area contributed by atoms with E-state index in [0.29, 0.717) is 6.54 Å². The predicted molar refractivity (Wildman–Crippen MR) is 83.6 cm³/mol. The number of methoxy groups -OCH3 is 1. The van der Waals surface area contributed by atoms with Crippen LogP contribution in [0, 0.1) is 10.1 Å². The molecule has 1 aliphatic heterocycles. The average Bonchev–Trinajstić information content (AvgIpc) is 3.29. The fourth-order valence-electron chi connectivity index (χ4n) is 2.85. The molecule has 3 rings (SSSR count). The molecule has 0 bridgehead atoms.